The minimum atomic E-state index is -0.703. The fourth-order valence-electron chi connectivity index (χ4n) is 2.73. The molecule has 0 spiro atoms. The number of esters is 1. The van der Waals surface area contributed by atoms with Gasteiger partial charge in [0.05, 0.1) is 4.87 Å². The topological polar surface area (TPSA) is 105 Å². The van der Waals surface area contributed by atoms with E-state index in [9.17, 15) is 19.2 Å². The van der Waals surface area contributed by atoms with Gasteiger partial charge in [-0.3, -0.25) is 14.9 Å². The normalized spacial score (nSPS) is 25.6. The molecule has 2 atom stereocenters. The number of amides is 4. The molecule has 2 heterocycles. The second kappa shape index (κ2) is 7.42. The molecule has 0 saturated carbocycles. The Morgan fingerprint density at radius 2 is 2.12 bits per heavy atom. The monoisotopic (exact) mass is 357 g/mol. The fourth-order valence-corrected chi connectivity index (χ4v) is 4.15. The van der Waals surface area contributed by atoms with Gasteiger partial charge < -0.3 is 15.0 Å². The van der Waals surface area contributed by atoms with E-state index in [1.54, 1.807) is 16.7 Å². The zero-order chi connectivity index (χ0) is 17.9. The van der Waals surface area contributed by atoms with E-state index in [2.05, 4.69) is 10.6 Å². The van der Waals surface area contributed by atoms with Gasteiger partial charge in [-0.2, -0.15) is 0 Å². The predicted octanol–water partition coefficient (Wildman–Crippen LogP) is 0.465. The standard InChI is InChI=1S/C15H23N3O5S/c1-9(2)6-16-14(22)17-11(19)7-23-13(21)10-8-24-15(3)5-4-12(20)18(10)15/h9-10H,4-8H2,1-3H3,(H2,16,17,19,22)/t10-,15+/m1/s1. The molecule has 134 valence electrons. The quantitative estimate of drug-likeness (QED) is 0.693. The van der Waals surface area contributed by atoms with E-state index >= 15 is 0 Å². The highest BCUT2D eigenvalue weighted by molar-refractivity contribution is 8.01. The van der Waals surface area contributed by atoms with Crippen LogP contribution in [0.5, 0.6) is 0 Å². The van der Waals surface area contributed by atoms with Crippen LogP contribution in [-0.4, -0.2) is 58.5 Å². The van der Waals surface area contributed by atoms with E-state index < -0.39 is 30.6 Å². The Morgan fingerprint density at radius 3 is 2.79 bits per heavy atom. The number of carbonyl (C=O) groups excluding carboxylic acids is 4. The molecular weight excluding hydrogens is 334 g/mol. The van der Waals surface area contributed by atoms with Crippen molar-refractivity contribution >= 4 is 35.6 Å². The third kappa shape index (κ3) is 4.19. The molecule has 0 aromatic carbocycles. The van der Waals surface area contributed by atoms with Gasteiger partial charge in [0, 0.05) is 18.7 Å². The Hall–Kier alpha value is -1.77. The molecule has 9 heteroatoms. The maximum atomic E-state index is 12.2. The molecule has 24 heavy (non-hydrogen) atoms. The number of rotatable bonds is 5. The third-order valence-corrected chi connectivity index (χ3v) is 5.49. The van der Waals surface area contributed by atoms with Crippen molar-refractivity contribution in [2.24, 2.45) is 5.92 Å². The van der Waals surface area contributed by atoms with Gasteiger partial charge in [0.1, 0.15) is 6.04 Å². The van der Waals surface area contributed by atoms with Crippen molar-refractivity contribution < 1.29 is 23.9 Å². The molecule has 2 fully saturated rings. The summed E-state index contributed by atoms with van der Waals surface area (Å²) in [7, 11) is 0. The van der Waals surface area contributed by atoms with E-state index in [0.717, 1.165) is 0 Å². The Bertz CT molecular complexity index is 553. The highest BCUT2D eigenvalue weighted by Crippen LogP contribution is 2.47. The third-order valence-electron chi connectivity index (χ3n) is 3.99. The average Bonchev–Trinajstić information content (AvgIpc) is 2.99. The average molecular weight is 357 g/mol. The number of hydrogen-bond acceptors (Lipinski definition) is 6. The molecule has 2 aliphatic rings. The molecule has 0 unspecified atom stereocenters. The molecule has 0 radical (unpaired) electrons. The molecule has 2 aliphatic heterocycles. The summed E-state index contributed by atoms with van der Waals surface area (Å²) in [6, 6.07) is -1.29. The maximum absolute atomic E-state index is 12.2. The lowest BCUT2D eigenvalue weighted by Crippen LogP contribution is -2.47. The number of urea groups is 1. The van der Waals surface area contributed by atoms with Gasteiger partial charge >= 0.3 is 12.0 Å². The van der Waals surface area contributed by atoms with Crippen molar-refractivity contribution in [1.29, 1.82) is 0 Å². The minimum absolute atomic E-state index is 0.0676. The van der Waals surface area contributed by atoms with Crippen molar-refractivity contribution in [3.05, 3.63) is 0 Å². The number of carbonyl (C=O) groups is 4. The molecular formula is C15H23N3O5S. The summed E-state index contributed by atoms with van der Waals surface area (Å²) in [5.74, 6) is -0.666. The first-order valence-corrected chi connectivity index (χ1v) is 8.92. The first kappa shape index (κ1) is 18.6. The molecule has 2 N–H and O–H groups in total. The van der Waals surface area contributed by atoms with Crippen LogP contribution < -0.4 is 10.6 Å². The van der Waals surface area contributed by atoms with E-state index in [0.29, 0.717) is 25.1 Å². The van der Waals surface area contributed by atoms with Gasteiger partial charge in [0.25, 0.3) is 5.91 Å². The summed E-state index contributed by atoms with van der Waals surface area (Å²) in [4.78, 5) is 48.4. The van der Waals surface area contributed by atoms with E-state index in [1.165, 1.54) is 0 Å². The number of nitrogens with one attached hydrogen (secondary N) is 2. The number of nitrogens with zero attached hydrogens (tertiary/aromatic N) is 1. The maximum Gasteiger partial charge on any atom is 0.330 e. The molecule has 8 nitrogen and oxygen atoms in total. The van der Waals surface area contributed by atoms with Crippen LogP contribution in [0.25, 0.3) is 0 Å². The summed E-state index contributed by atoms with van der Waals surface area (Å²) in [6.45, 7) is 5.68. The van der Waals surface area contributed by atoms with Gasteiger partial charge in [-0.15, -0.1) is 11.8 Å². The van der Waals surface area contributed by atoms with E-state index in [1.807, 2.05) is 20.8 Å². The Morgan fingerprint density at radius 1 is 1.42 bits per heavy atom. The molecule has 0 aromatic rings. The van der Waals surface area contributed by atoms with Crippen LogP contribution in [0.15, 0.2) is 0 Å². The Balaban J connectivity index is 1.78. The Kier molecular flexibility index (Phi) is 5.74. The second-order valence-electron chi connectivity index (χ2n) is 6.53. The second-order valence-corrected chi connectivity index (χ2v) is 8.03. The summed E-state index contributed by atoms with van der Waals surface area (Å²) in [6.07, 6.45) is 1.13. The van der Waals surface area contributed by atoms with E-state index in [-0.39, 0.29) is 16.7 Å². The highest BCUT2D eigenvalue weighted by Gasteiger charge is 2.53. The van der Waals surface area contributed by atoms with Gasteiger partial charge in [0.15, 0.2) is 6.61 Å². The van der Waals surface area contributed by atoms with Crippen LogP contribution >= 0.6 is 11.8 Å². The first-order chi connectivity index (χ1) is 11.2. The zero-order valence-electron chi connectivity index (χ0n) is 14.1. The van der Waals surface area contributed by atoms with Crippen molar-refractivity contribution in [3.63, 3.8) is 0 Å². The van der Waals surface area contributed by atoms with Crippen LogP contribution in [0.1, 0.15) is 33.6 Å². The fraction of sp³-hybridized carbons (Fsp3) is 0.733. The lowest BCUT2D eigenvalue weighted by Gasteiger charge is -2.29. The number of fused-ring (bicyclic) bond motifs is 1. The summed E-state index contributed by atoms with van der Waals surface area (Å²) >= 11 is 1.55. The van der Waals surface area contributed by atoms with Gasteiger partial charge in [-0.1, -0.05) is 13.8 Å². The first-order valence-electron chi connectivity index (χ1n) is 7.93. The van der Waals surface area contributed by atoms with E-state index in [4.69, 9.17) is 4.74 Å². The zero-order valence-corrected chi connectivity index (χ0v) is 14.9. The minimum Gasteiger partial charge on any atom is -0.454 e. The smallest absolute Gasteiger partial charge is 0.330 e. The number of thioether (sulfide) groups is 1. The van der Waals surface area contributed by atoms with Crippen molar-refractivity contribution in [2.45, 2.75) is 44.5 Å². The lowest BCUT2D eigenvalue weighted by atomic mass is 10.2. The van der Waals surface area contributed by atoms with Gasteiger partial charge in [-0.05, 0) is 19.3 Å². The number of ether oxygens (including phenoxy) is 1. The molecule has 0 aromatic heterocycles. The van der Waals surface area contributed by atoms with Gasteiger partial charge in [-0.25, -0.2) is 9.59 Å². The lowest BCUT2D eigenvalue weighted by molar-refractivity contribution is -0.156. The number of imide groups is 1. The summed E-state index contributed by atoms with van der Waals surface area (Å²) in [5, 5.41) is 4.62. The SMILES string of the molecule is CC(C)CNC(=O)NC(=O)COC(=O)[C@H]1CS[C@@]2(C)CCC(=O)N12. The number of hydrogen-bond donors (Lipinski definition) is 2. The van der Waals surface area contributed by atoms with Crippen LogP contribution in [-0.2, 0) is 19.1 Å². The molecule has 2 saturated heterocycles. The van der Waals surface area contributed by atoms with Crippen LogP contribution in [0.2, 0.25) is 0 Å². The molecule has 0 bridgehead atoms. The largest absolute Gasteiger partial charge is 0.454 e. The Labute approximate surface area is 145 Å². The summed E-state index contributed by atoms with van der Waals surface area (Å²) < 4.78 is 4.98. The van der Waals surface area contributed by atoms with Crippen molar-refractivity contribution in [3.8, 4) is 0 Å². The summed E-state index contributed by atoms with van der Waals surface area (Å²) in [5.41, 5.74) is 0. The van der Waals surface area contributed by atoms with Crippen LogP contribution in [0, 0.1) is 5.92 Å². The van der Waals surface area contributed by atoms with Crippen molar-refractivity contribution in [2.75, 3.05) is 18.9 Å². The molecule has 4 amide bonds. The predicted molar refractivity (Wildman–Crippen MR) is 88.1 cm³/mol. The van der Waals surface area contributed by atoms with Crippen molar-refractivity contribution in [1.82, 2.24) is 15.5 Å². The highest BCUT2D eigenvalue weighted by atomic mass is 32.2. The molecule has 0 aliphatic carbocycles. The van der Waals surface area contributed by atoms with Crippen LogP contribution in [0.3, 0.4) is 0 Å². The van der Waals surface area contributed by atoms with Crippen LogP contribution in [0.4, 0.5) is 4.79 Å². The molecule has 2 rings (SSSR count). The van der Waals surface area contributed by atoms with Gasteiger partial charge in [0.2, 0.25) is 5.91 Å².